The maximum Gasteiger partial charge on any atom is 0.243 e. The van der Waals surface area contributed by atoms with E-state index in [9.17, 15) is 17.2 Å². The Morgan fingerprint density at radius 1 is 1.26 bits per heavy atom. The average molecular weight is 292 g/mol. The number of benzene rings is 1. The van der Waals surface area contributed by atoms with E-state index in [2.05, 4.69) is 0 Å². The summed E-state index contributed by atoms with van der Waals surface area (Å²) in [6, 6.07) is 2.28. The van der Waals surface area contributed by atoms with Gasteiger partial charge in [-0.25, -0.2) is 17.2 Å². The van der Waals surface area contributed by atoms with Crippen LogP contribution in [0.2, 0.25) is 0 Å². The van der Waals surface area contributed by atoms with Gasteiger partial charge in [-0.3, -0.25) is 0 Å². The number of hydrogen-bond acceptors (Lipinski definition) is 3. The summed E-state index contributed by atoms with van der Waals surface area (Å²) in [5, 5.41) is 0. The number of nitrogens with two attached hydrogens (primary N) is 1. The summed E-state index contributed by atoms with van der Waals surface area (Å²) >= 11 is 0. The van der Waals surface area contributed by atoms with Gasteiger partial charge in [0.25, 0.3) is 0 Å². The lowest BCUT2D eigenvalue weighted by Gasteiger charge is -2.25. The molecule has 0 amide bonds. The normalized spacial score (nSPS) is 12.4. The predicted octanol–water partition coefficient (Wildman–Crippen LogP) is 1.71. The van der Waals surface area contributed by atoms with Crippen molar-refractivity contribution in [2.45, 2.75) is 31.2 Å². The van der Waals surface area contributed by atoms with Crippen LogP contribution in [0.3, 0.4) is 0 Å². The van der Waals surface area contributed by atoms with Crippen LogP contribution in [0, 0.1) is 11.6 Å². The van der Waals surface area contributed by atoms with Crippen LogP contribution in [0.4, 0.5) is 8.78 Å². The molecule has 2 N–H and O–H groups in total. The van der Waals surface area contributed by atoms with E-state index in [0.717, 1.165) is 12.1 Å². The number of hydrogen-bond donors (Lipinski definition) is 1. The smallest absolute Gasteiger partial charge is 0.243 e. The Morgan fingerprint density at radius 2 is 1.89 bits per heavy atom. The second kappa shape index (κ2) is 6.40. The fraction of sp³-hybridized carbons (Fsp3) is 0.500. The van der Waals surface area contributed by atoms with Gasteiger partial charge in [0.2, 0.25) is 10.0 Å². The highest BCUT2D eigenvalue weighted by Crippen LogP contribution is 2.20. The van der Waals surface area contributed by atoms with Crippen LogP contribution >= 0.6 is 0 Å². The first kappa shape index (κ1) is 16.0. The molecule has 0 radical (unpaired) electrons. The van der Waals surface area contributed by atoms with Gasteiger partial charge in [0.05, 0.1) is 4.90 Å². The maximum atomic E-state index is 13.1. The Hall–Kier alpha value is -1.05. The molecular formula is C12H18F2N2O2S. The lowest BCUT2D eigenvalue weighted by molar-refractivity contribution is 0.350. The second-order valence-corrected chi connectivity index (χ2v) is 6.32. The zero-order valence-corrected chi connectivity index (χ0v) is 11.8. The maximum absolute atomic E-state index is 13.1. The summed E-state index contributed by atoms with van der Waals surface area (Å²) in [6.45, 7) is 4.04. The quantitative estimate of drug-likeness (QED) is 0.868. The van der Waals surface area contributed by atoms with E-state index >= 15 is 0 Å². The highest BCUT2D eigenvalue weighted by atomic mass is 32.2. The van der Waals surface area contributed by atoms with Crippen molar-refractivity contribution in [2.75, 3.05) is 13.1 Å². The molecule has 4 nitrogen and oxygen atoms in total. The van der Waals surface area contributed by atoms with E-state index in [-0.39, 0.29) is 17.5 Å². The van der Waals surface area contributed by atoms with Crippen molar-refractivity contribution in [3.8, 4) is 0 Å². The minimum atomic E-state index is -3.84. The second-order valence-electron chi connectivity index (χ2n) is 4.43. The minimum Gasteiger partial charge on any atom is -0.330 e. The molecule has 0 fully saturated rings. The molecule has 0 spiro atoms. The molecule has 0 saturated heterocycles. The molecule has 0 bridgehead atoms. The Kier molecular flexibility index (Phi) is 5.39. The summed E-state index contributed by atoms with van der Waals surface area (Å²) in [5.41, 5.74) is 5.37. The zero-order chi connectivity index (χ0) is 14.6. The Morgan fingerprint density at radius 3 is 2.37 bits per heavy atom. The average Bonchev–Trinajstić information content (AvgIpc) is 2.32. The Labute approximate surface area is 112 Å². The third kappa shape index (κ3) is 3.71. The third-order valence-electron chi connectivity index (χ3n) is 2.66. The fourth-order valence-corrected chi connectivity index (χ4v) is 3.36. The summed E-state index contributed by atoms with van der Waals surface area (Å²) in [5.74, 6) is -2.25. The van der Waals surface area contributed by atoms with Gasteiger partial charge >= 0.3 is 0 Å². The van der Waals surface area contributed by atoms with Gasteiger partial charge in [-0.05, 0) is 45.0 Å². The van der Waals surface area contributed by atoms with Crippen molar-refractivity contribution in [1.82, 2.24) is 4.31 Å². The van der Waals surface area contributed by atoms with E-state index in [1.165, 1.54) is 4.31 Å². The first-order chi connectivity index (χ1) is 8.80. The molecule has 0 atom stereocenters. The van der Waals surface area contributed by atoms with Crippen LogP contribution < -0.4 is 5.73 Å². The molecule has 0 aliphatic carbocycles. The van der Waals surface area contributed by atoms with Crippen LogP contribution in [0.15, 0.2) is 23.1 Å². The predicted molar refractivity (Wildman–Crippen MR) is 69.1 cm³/mol. The molecule has 0 heterocycles. The molecule has 108 valence electrons. The molecule has 1 rings (SSSR count). The van der Waals surface area contributed by atoms with Crippen LogP contribution in [-0.2, 0) is 10.0 Å². The van der Waals surface area contributed by atoms with Crippen LogP contribution in [-0.4, -0.2) is 31.9 Å². The van der Waals surface area contributed by atoms with Crippen molar-refractivity contribution >= 4 is 10.0 Å². The standard InChI is InChI=1S/C12H18F2N2O2S/c1-9(2)16(7-3-6-15)19(17,18)10-4-5-11(13)12(14)8-10/h4-5,8-9H,3,6-7,15H2,1-2H3. The van der Waals surface area contributed by atoms with Gasteiger partial charge in [-0.1, -0.05) is 0 Å². The molecule has 1 aromatic rings. The first-order valence-corrected chi connectivity index (χ1v) is 7.41. The fourth-order valence-electron chi connectivity index (χ4n) is 1.68. The number of sulfonamides is 1. The highest BCUT2D eigenvalue weighted by molar-refractivity contribution is 7.89. The molecule has 0 aliphatic rings. The van der Waals surface area contributed by atoms with Crippen molar-refractivity contribution in [3.05, 3.63) is 29.8 Å². The topological polar surface area (TPSA) is 63.4 Å². The zero-order valence-electron chi connectivity index (χ0n) is 10.9. The van der Waals surface area contributed by atoms with E-state index in [0.29, 0.717) is 19.0 Å². The van der Waals surface area contributed by atoms with Gasteiger partial charge in [-0.2, -0.15) is 4.31 Å². The number of nitrogens with zero attached hydrogens (tertiary/aromatic N) is 1. The molecular weight excluding hydrogens is 274 g/mol. The summed E-state index contributed by atoms with van der Waals surface area (Å²) in [4.78, 5) is -0.253. The van der Waals surface area contributed by atoms with Crippen molar-refractivity contribution in [3.63, 3.8) is 0 Å². The molecule has 0 aliphatic heterocycles. The van der Waals surface area contributed by atoms with Crippen LogP contribution in [0.5, 0.6) is 0 Å². The van der Waals surface area contributed by atoms with Crippen molar-refractivity contribution in [1.29, 1.82) is 0 Å². The largest absolute Gasteiger partial charge is 0.330 e. The van der Waals surface area contributed by atoms with Crippen molar-refractivity contribution in [2.24, 2.45) is 5.73 Å². The Bertz CT molecular complexity index is 533. The monoisotopic (exact) mass is 292 g/mol. The van der Waals surface area contributed by atoms with Gasteiger partial charge in [0.15, 0.2) is 11.6 Å². The molecule has 0 unspecified atom stereocenters. The third-order valence-corrected chi connectivity index (χ3v) is 4.73. The van der Waals surface area contributed by atoms with Gasteiger partial charge in [0, 0.05) is 12.6 Å². The summed E-state index contributed by atoms with van der Waals surface area (Å²) in [6.07, 6.45) is 0.501. The number of rotatable bonds is 6. The van der Waals surface area contributed by atoms with E-state index in [1.54, 1.807) is 13.8 Å². The first-order valence-electron chi connectivity index (χ1n) is 5.97. The lowest BCUT2D eigenvalue weighted by atomic mass is 10.3. The molecule has 19 heavy (non-hydrogen) atoms. The molecule has 0 aromatic heterocycles. The minimum absolute atomic E-state index is 0.246. The SMILES string of the molecule is CC(C)N(CCCN)S(=O)(=O)c1ccc(F)c(F)c1. The van der Waals surface area contributed by atoms with E-state index in [4.69, 9.17) is 5.73 Å². The number of halogens is 2. The van der Waals surface area contributed by atoms with Gasteiger partial charge in [-0.15, -0.1) is 0 Å². The van der Waals surface area contributed by atoms with E-state index < -0.39 is 21.7 Å². The summed E-state index contributed by atoms with van der Waals surface area (Å²) in [7, 11) is -3.84. The van der Waals surface area contributed by atoms with Crippen molar-refractivity contribution < 1.29 is 17.2 Å². The Balaban J connectivity index is 3.15. The van der Waals surface area contributed by atoms with Crippen LogP contribution in [0.25, 0.3) is 0 Å². The molecule has 0 saturated carbocycles. The highest BCUT2D eigenvalue weighted by Gasteiger charge is 2.27. The van der Waals surface area contributed by atoms with E-state index in [1.807, 2.05) is 0 Å². The lowest BCUT2D eigenvalue weighted by Crippen LogP contribution is -2.38. The summed E-state index contributed by atoms with van der Waals surface area (Å²) < 4.78 is 51.9. The molecule has 1 aromatic carbocycles. The van der Waals surface area contributed by atoms with Gasteiger partial charge < -0.3 is 5.73 Å². The molecule has 7 heteroatoms. The van der Waals surface area contributed by atoms with Gasteiger partial charge in [0.1, 0.15) is 0 Å². The van der Waals surface area contributed by atoms with Crippen LogP contribution in [0.1, 0.15) is 20.3 Å².